The van der Waals surface area contributed by atoms with E-state index in [1.54, 1.807) is 0 Å². The molecule has 1 aromatic carbocycles. The van der Waals surface area contributed by atoms with Crippen molar-refractivity contribution < 1.29 is 9.90 Å². The van der Waals surface area contributed by atoms with Crippen LogP contribution in [-0.4, -0.2) is 11.1 Å². The minimum atomic E-state index is -0.684. The first-order valence-electron chi connectivity index (χ1n) is 6.00. The van der Waals surface area contributed by atoms with E-state index in [1.165, 1.54) is 5.56 Å². The molecule has 0 atom stereocenters. The average Bonchev–Trinajstić information content (AvgIpc) is 2.13. The topological polar surface area (TPSA) is 37.3 Å². The van der Waals surface area contributed by atoms with Crippen molar-refractivity contribution in [1.29, 1.82) is 0 Å². The molecule has 0 radical (unpaired) electrons. The fourth-order valence-corrected chi connectivity index (χ4v) is 2.89. The molecule has 0 aromatic heterocycles. The molecule has 2 rings (SSSR count). The van der Waals surface area contributed by atoms with E-state index in [-0.39, 0.29) is 0 Å². The lowest BCUT2D eigenvalue weighted by molar-refractivity contribution is -0.147. The summed E-state index contributed by atoms with van der Waals surface area (Å²) in [6.45, 7) is 4.25. The monoisotopic (exact) mass is 296 g/mol. The van der Waals surface area contributed by atoms with Gasteiger partial charge in [0.25, 0.3) is 0 Å². The predicted octanol–water partition coefficient (Wildman–Crippen LogP) is 4.08. The van der Waals surface area contributed by atoms with Crippen LogP contribution in [0.3, 0.4) is 0 Å². The van der Waals surface area contributed by atoms with Crippen LogP contribution in [0.5, 0.6) is 0 Å². The third-order valence-corrected chi connectivity index (χ3v) is 4.21. The first kappa shape index (κ1) is 12.6. The summed E-state index contributed by atoms with van der Waals surface area (Å²) in [6, 6.07) is 6.09. The molecular weight excluding hydrogens is 280 g/mol. The Morgan fingerprint density at radius 1 is 1.35 bits per heavy atom. The molecule has 0 unspecified atom stereocenters. The van der Waals surface area contributed by atoms with Crippen molar-refractivity contribution in [3.8, 4) is 0 Å². The second-order valence-electron chi connectivity index (χ2n) is 5.17. The summed E-state index contributed by atoms with van der Waals surface area (Å²) >= 11 is 3.48. The summed E-state index contributed by atoms with van der Waals surface area (Å²) in [4.78, 5) is 11.5. The van der Waals surface area contributed by atoms with E-state index >= 15 is 0 Å². The molecule has 1 aliphatic rings. The van der Waals surface area contributed by atoms with E-state index < -0.39 is 11.4 Å². The number of carbonyl (C=O) groups is 1. The normalized spacial score (nSPS) is 17.9. The lowest BCUT2D eigenvalue weighted by Gasteiger charge is -2.38. The molecule has 1 aromatic rings. The van der Waals surface area contributed by atoms with Gasteiger partial charge in [0.05, 0.1) is 5.41 Å². The highest BCUT2D eigenvalue weighted by atomic mass is 79.9. The minimum absolute atomic E-state index is 0.414. The van der Waals surface area contributed by atoms with E-state index in [0.29, 0.717) is 5.92 Å². The Kier molecular flexibility index (Phi) is 3.30. The highest BCUT2D eigenvalue weighted by molar-refractivity contribution is 9.10. The van der Waals surface area contributed by atoms with Gasteiger partial charge in [-0.1, -0.05) is 42.3 Å². The van der Waals surface area contributed by atoms with Gasteiger partial charge in [0.2, 0.25) is 0 Å². The molecule has 1 saturated carbocycles. The summed E-state index contributed by atoms with van der Waals surface area (Å²) in [7, 11) is 0. The molecule has 0 amide bonds. The van der Waals surface area contributed by atoms with Crippen molar-refractivity contribution in [1.82, 2.24) is 0 Å². The molecule has 0 aliphatic heterocycles. The second kappa shape index (κ2) is 4.45. The molecule has 3 heteroatoms. The molecule has 92 valence electrons. The maximum atomic E-state index is 11.5. The minimum Gasteiger partial charge on any atom is -0.481 e. The smallest absolute Gasteiger partial charge is 0.314 e. The molecule has 17 heavy (non-hydrogen) atoms. The molecule has 1 fully saturated rings. The molecule has 0 bridgehead atoms. The van der Waals surface area contributed by atoms with Gasteiger partial charge in [-0.3, -0.25) is 4.79 Å². The van der Waals surface area contributed by atoms with Gasteiger partial charge in [-0.25, -0.2) is 0 Å². The van der Waals surface area contributed by atoms with Crippen molar-refractivity contribution in [2.24, 2.45) is 0 Å². The highest BCUT2D eigenvalue weighted by Gasteiger charge is 2.46. The number of hydrogen-bond acceptors (Lipinski definition) is 1. The van der Waals surface area contributed by atoms with Gasteiger partial charge < -0.3 is 5.11 Å². The maximum Gasteiger partial charge on any atom is 0.314 e. The molecule has 0 spiro atoms. The fraction of sp³-hybridized carbons (Fsp3) is 0.500. The van der Waals surface area contributed by atoms with Crippen molar-refractivity contribution in [3.05, 3.63) is 33.8 Å². The van der Waals surface area contributed by atoms with Crippen LogP contribution in [0, 0.1) is 0 Å². The van der Waals surface area contributed by atoms with Crippen LogP contribution in [0.25, 0.3) is 0 Å². The Bertz CT molecular complexity index is 448. The third-order valence-electron chi connectivity index (χ3n) is 3.76. The standard InChI is InChI=1S/C14H17BrO2/c1-9(2)10-6-11(8-12(15)7-10)14(13(16)17)4-3-5-14/h6-9H,3-5H2,1-2H3,(H,16,17). The van der Waals surface area contributed by atoms with Crippen molar-refractivity contribution in [2.45, 2.75) is 44.4 Å². The zero-order valence-corrected chi connectivity index (χ0v) is 11.8. The lowest BCUT2D eigenvalue weighted by Crippen LogP contribution is -2.42. The van der Waals surface area contributed by atoms with Crippen LogP contribution < -0.4 is 0 Å². The molecule has 0 heterocycles. The van der Waals surface area contributed by atoms with Crippen LogP contribution in [0.1, 0.15) is 50.2 Å². The first-order chi connectivity index (χ1) is 7.95. The maximum absolute atomic E-state index is 11.5. The van der Waals surface area contributed by atoms with Crippen molar-refractivity contribution >= 4 is 21.9 Å². The summed E-state index contributed by atoms with van der Waals surface area (Å²) in [6.07, 6.45) is 2.53. The summed E-state index contributed by atoms with van der Waals surface area (Å²) in [5, 5.41) is 9.44. The van der Waals surface area contributed by atoms with Crippen LogP contribution in [0.2, 0.25) is 0 Å². The lowest BCUT2D eigenvalue weighted by atomic mass is 9.64. The van der Waals surface area contributed by atoms with Crippen LogP contribution in [0.4, 0.5) is 0 Å². The van der Waals surface area contributed by atoms with Gasteiger partial charge in [0, 0.05) is 4.47 Å². The molecule has 2 nitrogen and oxygen atoms in total. The van der Waals surface area contributed by atoms with E-state index in [1.807, 2.05) is 6.07 Å². The quantitative estimate of drug-likeness (QED) is 0.912. The number of halogens is 1. The Balaban J connectivity index is 2.48. The van der Waals surface area contributed by atoms with Gasteiger partial charge >= 0.3 is 5.97 Å². The number of aliphatic carboxylic acids is 1. The highest BCUT2D eigenvalue weighted by Crippen LogP contribution is 2.45. The summed E-state index contributed by atoms with van der Waals surface area (Å²) in [5.41, 5.74) is 1.52. The van der Waals surface area contributed by atoms with Gasteiger partial charge in [-0.05, 0) is 42.0 Å². The largest absolute Gasteiger partial charge is 0.481 e. The zero-order chi connectivity index (χ0) is 12.6. The van der Waals surface area contributed by atoms with Gasteiger partial charge in [-0.2, -0.15) is 0 Å². The van der Waals surface area contributed by atoms with Crippen molar-refractivity contribution in [2.75, 3.05) is 0 Å². The van der Waals surface area contributed by atoms with E-state index in [9.17, 15) is 9.90 Å². The molecule has 1 N–H and O–H groups in total. The Morgan fingerprint density at radius 3 is 2.41 bits per heavy atom. The Hall–Kier alpha value is -0.830. The average molecular weight is 297 g/mol. The summed E-state index contributed by atoms with van der Waals surface area (Å²) < 4.78 is 0.978. The van der Waals surface area contributed by atoms with Gasteiger partial charge in [0.1, 0.15) is 0 Å². The van der Waals surface area contributed by atoms with E-state index in [0.717, 1.165) is 29.3 Å². The van der Waals surface area contributed by atoms with Crippen LogP contribution in [0.15, 0.2) is 22.7 Å². The summed E-state index contributed by atoms with van der Waals surface area (Å²) in [5.74, 6) is -0.270. The number of carboxylic acid groups (broad SMARTS) is 1. The molecule has 1 aliphatic carbocycles. The predicted molar refractivity (Wildman–Crippen MR) is 71.4 cm³/mol. The van der Waals surface area contributed by atoms with Gasteiger partial charge in [0.15, 0.2) is 0 Å². The number of hydrogen-bond donors (Lipinski definition) is 1. The van der Waals surface area contributed by atoms with E-state index in [4.69, 9.17) is 0 Å². The molecular formula is C14H17BrO2. The number of carboxylic acids is 1. The van der Waals surface area contributed by atoms with Crippen LogP contribution >= 0.6 is 15.9 Å². The second-order valence-corrected chi connectivity index (χ2v) is 6.08. The fourth-order valence-electron chi connectivity index (χ4n) is 2.38. The Labute approximate surface area is 110 Å². The SMILES string of the molecule is CC(C)c1cc(Br)cc(C2(C(=O)O)CCC2)c1. The third kappa shape index (κ3) is 2.13. The van der Waals surface area contributed by atoms with Crippen LogP contribution in [-0.2, 0) is 10.2 Å². The number of benzene rings is 1. The van der Waals surface area contributed by atoms with Crippen molar-refractivity contribution in [3.63, 3.8) is 0 Å². The molecule has 0 saturated heterocycles. The van der Waals surface area contributed by atoms with E-state index in [2.05, 4.69) is 41.9 Å². The Morgan fingerprint density at radius 2 is 2.00 bits per heavy atom. The zero-order valence-electron chi connectivity index (χ0n) is 10.2. The van der Waals surface area contributed by atoms with Gasteiger partial charge in [-0.15, -0.1) is 0 Å². The number of rotatable bonds is 3. The first-order valence-corrected chi connectivity index (χ1v) is 6.79.